The van der Waals surface area contributed by atoms with E-state index >= 15 is 0 Å². The van der Waals surface area contributed by atoms with Crippen molar-refractivity contribution in [1.29, 1.82) is 0 Å². The lowest BCUT2D eigenvalue weighted by Crippen LogP contribution is -1.92. The molecular formula is C10H14O2. The Kier molecular flexibility index (Phi) is 3.26. The topological polar surface area (TPSA) is 18.5 Å². The average Bonchev–Trinajstić information content (AvgIpc) is 2.07. The molecule has 2 heteroatoms. The van der Waals surface area contributed by atoms with Gasteiger partial charge in [0.25, 0.3) is 0 Å². The highest BCUT2D eigenvalue weighted by Crippen LogP contribution is 2.10. The van der Waals surface area contributed by atoms with Crippen LogP contribution in [0, 0.1) is 13.8 Å². The zero-order valence-electron chi connectivity index (χ0n) is 7.76. The Bertz CT molecular complexity index is 256. The molecule has 0 saturated heterocycles. The molecule has 0 fully saturated rings. The van der Waals surface area contributed by atoms with Gasteiger partial charge in [-0.25, -0.2) is 9.78 Å². The van der Waals surface area contributed by atoms with Crippen LogP contribution in [0.3, 0.4) is 0 Å². The van der Waals surface area contributed by atoms with E-state index in [0.717, 1.165) is 5.56 Å². The van der Waals surface area contributed by atoms with Crippen LogP contribution in [0.25, 0.3) is 0 Å². The minimum absolute atomic E-state index is 0.512. The zero-order chi connectivity index (χ0) is 8.97. The monoisotopic (exact) mass is 166 g/mol. The van der Waals surface area contributed by atoms with Crippen LogP contribution in [0.4, 0.5) is 0 Å². The second kappa shape index (κ2) is 4.24. The molecule has 0 atom stereocenters. The number of rotatable bonds is 3. The van der Waals surface area contributed by atoms with Gasteiger partial charge in [0.2, 0.25) is 0 Å². The van der Waals surface area contributed by atoms with Gasteiger partial charge in [-0.2, -0.15) is 0 Å². The van der Waals surface area contributed by atoms with Crippen molar-refractivity contribution in [2.45, 2.75) is 20.5 Å². The average molecular weight is 166 g/mol. The smallest absolute Gasteiger partial charge is 0.107 e. The van der Waals surface area contributed by atoms with Gasteiger partial charge in [-0.05, 0) is 30.5 Å². The lowest BCUT2D eigenvalue weighted by Gasteiger charge is -2.03. The molecule has 0 radical (unpaired) electrons. The van der Waals surface area contributed by atoms with Gasteiger partial charge in [0.05, 0.1) is 7.11 Å². The lowest BCUT2D eigenvalue weighted by atomic mass is 10.1. The van der Waals surface area contributed by atoms with E-state index in [9.17, 15) is 0 Å². The highest BCUT2D eigenvalue weighted by Gasteiger charge is 1.95. The van der Waals surface area contributed by atoms with Crippen LogP contribution in [-0.4, -0.2) is 7.11 Å². The summed E-state index contributed by atoms with van der Waals surface area (Å²) in [5.74, 6) is 0. The Morgan fingerprint density at radius 1 is 1.17 bits per heavy atom. The van der Waals surface area contributed by atoms with Crippen LogP contribution in [-0.2, 0) is 16.4 Å². The first kappa shape index (κ1) is 9.23. The Morgan fingerprint density at radius 2 is 1.92 bits per heavy atom. The van der Waals surface area contributed by atoms with E-state index in [1.54, 1.807) is 0 Å². The second-order valence-electron chi connectivity index (χ2n) is 2.85. The summed E-state index contributed by atoms with van der Waals surface area (Å²) in [6.45, 7) is 4.69. The molecule has 0 spiro atoms. The van der Waals surface area contributed by atoms with E-state index in [1.807, 2.05) is 6.07 Å². The molecular weight excluding hydrogens is 152 g/mol. The largest absolute Gasteiger partial charge is 0.240 e. The number of aryl methyl sites for hydroxylation is 2. The number of hydrogen-bond donors (Lipinski definition) is 0. The fourth-order valence-electron chi connectivity index (χ4n) is 1.02. The maximum atomic E-state index is 4.81. The normalized spacial score (nSPS) is 10.2. The van der Waals surface area contributed by atoms with E-state index in [-0.39, 0.29) is 0 Å². The van der Waals surface area contributed by atoms with E-state index in [1.165, 1.54) is 18.2 Å². The van der Waals surface area contributed by atoms with Gasteiger partial charge >= 0.3 is 0 Å². The van der Waals surface area contributed by atoms with Crippen LogP contribution in [0.2, 0.25) is 0 Å². The molecule has 0 saturated carbocycles. The molecule has 1 aromatic carbocycles. The zero-order valence-corrected chi connectivity index (χ0v) is 7.76. The van der Waals surface area contributed by atoms with Crippen LogP contribution >= 0.6 is 0 Å². The van der Waals surface area contributed by atoms with Gasteiger partial charge in [0.15, 0.2) is 0 Å². The molecule has 12 heavy (non-hydrogen) atoms. The molecule has 1 aromatic rings. The molecule has 0 bridgehead atoms. The summed E-state index contributed by atoms with van der Waals surface area (Å²) in [7, 11) is 1.51. The number of hydrogen-bond acceptors (Lipinski definition) is 2. The van der Waals surface area contributed by atoms with Crippen molar-refractivity contribution in [2.24, 2.45) is 0 Å². The van der Waals surface area contributed by atoms with Crippen LogP contribution in [0.15, 0.2) is 18.2 Å². The van der Waals surface area contributed by atoms with Crippen molar-refractivity contribution >= 4 is 0 Å². The molecule has 0 aliphatic heterocycles. The first-order valence-corrected chi connectivity index (χ1v) is 3.96. The lowest BCUT2D eigenvalue weighted by molar-refractivity contribution is -0.282. The van der Waals surface area contributed by atoms with Gasteiger partial charge in [-0.1, -0.05) is 18.2 Å². The standard InChI is InChI=1S/C10H14O2/c1-8-4-5-10(6-9(8)2)7-12-11-3/h4-6H,7H2,1-3H3. The summed E-state index contributed by atoms with van der Waals surface area (Å²) >= 11 is 0. The van der Waals surface area contributed by atoms with E-state index in [2.05, 4.69) is 30.9 Å². The maximum absolute atomic E-state index is 4.81. The Hall–Kier alpha value is -0.860. The quantitative estimate of drug-likeness (QED) is 0.507. The third kappa shape index (κ3) is 2.32. The third-order valence-electron chi connectivity index (χ3n) is 1.91. The molecule has 0 unspecified atom stereocenters. The maximum Gasteiger partial charge on any atom is 0.107 e. The molecule has 66 valence electrons. The van der Waals surface area contributed by atoms with Crippen molar-refractivity contribution < 1.29 is 9.78 Å². The predicted molar refractivity (Wildman–Crippen MR) is 47.7 cm³/mol. The van der Waals surface area contributed by atoms with Crippen LogP contribution in [0.5, 0.6) is 0 Å². The third-order valence-corrected chi connectivity index (χ3v) is 1.91. The van der Waals surface area contributed by atoms with E-state index < -0.39 is 0 Å². The first-order valence-electron chi connectivity index (χ1n) is 3.96. The van der Waals surface area contributed by atoms with Gasteiger partial charge in [0, 0.05) is 0 Å². The summed E-state index contributed by atoms with van der Waals surface area (Å²) < 4.78 is 0. The Labute approximate surface area is 73.0 Å². The van der Waals surface area contributed by atoms with Gasteiger partial charge in [-0.3, -0.25) is 0 Å². The molecule has 0 aromatic heterocycles. The summed E-state index contributed by atoms with van der Waals surface area (Å²) in [6, 6.07) is 6.24. The minimum atomic E-state index is 0.512. The molecule has 2 nitrogen and oxygen atoms in total. The van der Waals surface area contributed by atoms with Crippen LogP contribution < -0.4 is 0 Å². The van der Waals surface area contributed by atoms with Crippen molar-refractivity contribution in [2.75, 3.05) is 7.11 Å². The molecule has 0 heterocycles. The molecule has 0 N–H and O–H groups in total. The minimum Gasteiger partial charge on any atom is -0.240 e. The first-order chi connectivity index (χ1) is 5.74. The highest BCUT2D eigenvalue weighted by atomic mass is 17.2. The second-order valence-corrected chi connectivity index (χ2v) is 2.85. The van der Waals surface area contributed by atoms with Crippen molar-refractivity contribution in [3.8, 4) is 0 Å². The predicted octanol–water partition coefficient (Wildman–Crippen LogP) is 2.38. The van der Waals surface area contributed by atoms with E-state index in [0.29, 0.717) is 6.61 Å². The van der Waals surface area contributed by atoms with Gasteiger partial charge in [-0.15, -0.1) is 0 Å². The summed E-state index contributed by atoms with van der Waals surface area (Å²) in [6.07, 6.45) is 0. The molecule has 0 amide bonds. The summed E-state index contributed by atoms with van der Waals surface area (Å²) in [5, 5.41) is 0. The van der Waals surface area contributed by atoms with Crippen molar-refractivity contribution in [1.82, 2.24) is 0 Å². The highest BCUT2D eigenvalue weighted by molar-refractivity contribution is 5.29. The van der Waals surface area contributed by atoms with Gasteiger partial charge < -0.3 is 0 Å². The molecule has 1 rings (SSSR count). The summed E-state index contributed by atoms with van der Waals surface area (Å²) in [4.78, 5) is 9.33. The van der Waals surface area contributed by atoms with Crippen LogP contribution in [0.1, 0.15) is 16.7 Å². The SMILES string of the molecule is COOCc1ccc(C)c(C)c1. The summed E-state index contributed by atoms with van der Waals surface area (Å²) in [5.41, 5.74) is 3.73. The van der Waals surface area contributed by atoms with Gasteiger partial charge in [0.1, 0.15) is 6.61 Å². The Morgan fingerprint density at radius 3 is 2.50 bits per heavy atom. The van der Waals surface area contributed by atoms with Crippen molar-refractivity contribution in [3.63, 3.8) is 0 Å². The van der Waals surface area contributed by atoms with Crippen molar-refractivity contribution in [3.05, 3.63) is 34.9 Å². The molecule has 0 aliphatic carbocycles. The Balaban J connectivity index is 2.69. The number of benzene rings is 1. The van der Waals surface area contributed by atoms with E-state index in [4.69, 9.17) is 4.89 Å². The fourth-order valence-corrected chi connectivity index (χ4v) is 1.02. The fraction of sp³-hybridized carbons (Fsp3) is 0.400. The molecule has 0 aliphatic rings.